The van der Waals surface area contributed by atoms with E-state index in [4.69, 9.17) is 4.74 Å². The van der Waals surface area contributed by atoms with Gasteiger partial charge in [0.05, 0.1) is 23.9 Å². The van der Waals surface area contributed by atoms with Crippen molar-refractivity contribution < 1.29 is 14.6 Å². The number of benzene rings is 1. The molecule has 20 heavy (non-hydrogen) atoms. The molecule has 0 saturated heterocycles. The van der Waals surface area contributed by atoms with Crippen LogP contribution in [0.15, 0.2) is 30.5 Å². The van der Waals surface area contributed by atoms with Crippen molar-refractivity contribution in [2.24, 2.45) is 0 Å². The number of hydrogen-bond acceptors (Lipinski definition) is 4. The largest absolute Gasteiger partial charge is 0.478 e. The van der Waals surface area contributed by atoms with Gasteiger partial charge in [-0.05, 0) is 19.9 Å². The van der Waals surface area contributed by atoms with Crippen LogP contribution in [0.4, 0.5) is 5.69 Å². The normalized spacial score (nSPS) is 10.9. The summed E-state index contributed by atoms with van der Waals surface area (Å²) < 4.78 is 5.45. The first-order valence-corrected chi connectivity index (χ1v) is 6.56. The second-order valence-electron chi connectivity index (χ2n) is 4.72. The predicted octanol–water partition coefficient (Wildman–Crippen LogP) is 2.77. The number of aromatic nitrogens is 1. The van der Waals surface area contributed by atoms with Gasteiger partial charge in [-0.1, -0.05) is 18.2 Å². The summed E-state index contributed by atoms with van der Waals surface area (Å²) in [7, 11) is 0. The number of hydrogen-bond donors (Lipinski definition) is 2. The molecule has 2 N–H and O–H groups in total. The number of carboxylic acid groups (broad SMARTS) is 1. The number of para-hydroxylation sites is 1. The van der Waals surface area contributed by atoms with Crippen LogP contribution >= 0.6 is 0 Å². The highest BCUT2D eigenvalue weighted by atomic mass is 16.5. The van der Waals surface area contributed by atoms with E-state index in [0.29, 0.717) is 18.8 Å². The molecule has 0 aliphatic rings. The van der Waals surface area contributed by atoms with Crippen LogP contribution in [0.2, 0.25) is 0 Å². The lowest BCUT2D eigenvalue weighted by molar-refractivity contribution is 0.0696. The van der Waals surface area contributed by atoms with Gasteiger partial charge < -0.3 is 15.2 Å². The van der Waals surface area contributed by atoms with Gasteiger partial charge in [-0.3, -0.25) is 4.98 Å². The van der Waals surface area contributed by atoms with Crippen molar-refractivity contribution >= 4 is 22.6 Å². The predicted molar refractivity (Wildman–Crippen MR) is 78.3 cm³/mol. The molecule has 0 fully saturated rings. The van der Waals surface area contributed by atoms with E-state index in [9.17, 15) is 9.90 Å². The van der Waals surface area contributed by atoms with Crippen LogP contribution in [0.25, 0.3) is 10.9 Å². The second kappa shape index (κ2) is 6.34. The summed E-state index contributed by atoms with van der Waals surface area (Å²) >= 11 is 0. The number of nitrogens with one attached hydrogen (secondary N) is 1. The van der Waals surface area contributed by atoms with Crippen molar-refractivity contribution in [1.82, 2.24) is 4.98 Å². The quantitative estimate of drug-likeness (QED) is 0.792. The Balaban J connectivity index is 2.28. The number of ether oxygens (including phenoxy) is 1. The number of carboxylic acids is 1. The van der Waals surface area contributed by atoms with Gasteiger partial charge in [0.15, 0.2) is 0 Å². The number of nitrogens with zero attached hydrogens (tertiary/aromatic N) is 1. The number of anilines is 1. The third kappa shape index (κ3) is 3.24. The van der Waals surface area contributed by atoms with Crippen molar-refractivity contribution in [1.29, 1.82) is 0 Å². The van der Waals surface area contributed by atoms with Crippen LogP contribution in [0.1, 0.15) is 24.2 Å². The molecule has 0 aliphatic carbocycles. The topological polar surface area (TPSA) is 71.5 Å². The maximum atomic E-state index is 11.3. The highest BCUT2D eigenvalue weighted by molar-refractivity contribution is 6.04. The first-order valence-electron chi connectivity index (χ1n) is 6.56. The van der Waals surface area contributed by atoms with Gasteiger partial charge >= 0.3 is 5.97 Å². The summed E-state index contributed by atoms with van der Waals surface area (Å²) in [6, 6.07) is 7.46. The summed E-state index contributed by atoms with van der Waals surface area (Å²) in [5.74, 6) is -0.990. The van der Waals surface area contributed by atoms with Crippen molar-refractivity contribution in [3.05, 3.63) is 36.0 Å². The minimum atomic E-state index is -0.990. The molecule has 1 aromatic carbocycles. The lowest BCUT2D eigenvalue weighted by atomic mass is 10.1. The highest BCUT2D eigenvalue weighted by Gasteiger charge is 2.13. The minimum Gasteiger partial charge on any atom is -0.478 e. The summed E-state index contributed by atoms with van der Waals surface area (Å²) in [5, 5.41) is 13.2. The molecular formula is C15H18N2O3. The molecule has 0 bridgehead atoms. The smallest absolute Gasteiger partial charge is 0.339 e. The third-order valence-electron chi connectivity index (χ3n) is 2.86. The lowest BCUT2D eigenvalue weighted by Crippen LogP contribution is -2.15. The third-order valence-corrected chi connectivity index (χ3v) is 2.86. The molecule has 1 heterocycles. The Morgan fingerprint density at radius 1 is 1.40 bits per heavy atom. The average Bonchev–Trinajstić information content (AvgIpc) is 2.42. The Morgan fingerprint density at radius 3 is 2.85 bits per heavy atom. The highest BCUT2D eigenvalue weighted by Crippen LogP contribution is 2.25. The van der Waals surface area contributed by atoms with E-state index < -0.39 is 5.97 Å². The Hall–Kier alpha value is -2.14. The second-order valence-corrected chi connectivity index (χ2v) is 4.72. The maximum Gasteiger partial charge on any atom is 0.339 e. The fourth-order valence-corrected chi connectivity index (χ4v) is 1.96. The van der Waals surface area contributed by atoms with E-state index >= 15 is 0 Å². The van der Waals surface area contributed by atoms with E-state index in [1.54, 1.807) is 0 Å². The maximum absolute atomic E-state index is 11.3. The van der Waals surface area contributed by atoms with E-state index in [0.717, 1.165) is 10.9 Å². The molecule has 0 radical (unpaired) electrons. The Kier molecular flexibility index (Phi) is 4.53. The molecule has 0 saturated carbocycles. The number of rotatable bonds is 6. The van der Waals surface area contributed by atoms with Gasteiger partial charge in [0.25, 0.3) is 0 Å². The van der Waals surface area contributed by atoms with Crippen LogP contribution < -0.4 is 5.32 Å². The number of pyridine rings is 1. The first-order chi connectivity index (χ1) is 9.59. The average molecular weight is 274 g/mol. The Bertz CT molecular complexity index is 611. The van der Waals surface area contributed by atoms with Gasteiger partial charge in [-0.2, -0.15) is 0 Å². The zero-order chi connectivity index (χ0) is 14.5. The fourth-order valence-electron chi connectivity index (χ4n) is 1.96. The Morgan fingerprint density at radius 2 is 2.15 bits per heavy atom. The summed E-state index contributed by atoms with van der Waals surface area (Å²) in [6.07, 6.45) is 1.54. The molecule has 0 amide bonds. The molecule has 0 aliphatic heterocycles. The standard InChI is InChI=1S/C15H18N2O3/c1-10(2)20-8-7-16-14-11-5-3-4-6-13(11)17-9-12(14)15(18)19/h3-6,9-10H,7-8H2,1-2H3,(H,16,17)(H,18,19). The molecule has 5 heteroatoms. The van der Waals surface area contributed by atoms with Gasteiger partial charge in [0.2, 0.25) is 0 Å². The SMILES string of the molecule is CC(C)OCCNc1c(C(=O)O)cnc2ccccc12. The van der Waals surface area contributed by atoms with E-state index in [-0.39, 0.29) is 11.7 Å². The molecular weight excluding hydrogens is 256 g/mol. The zero-order valence-electron chi connectivity index (χ0n) is 11.6. The number of carbonyl (C=O) groups is 1. The van der Waals surface area contributed by atoms with Crippen molar-refractivity contribution in [2.75, 3.05) is 18.5 Å². The van der Waals surface area contributed by atoms with Crippen molar-refractivity contribution in [3.8, 4) is 0 Å². The molecule has 0 atom stereocenters. The van der Waals surface area contributed by atoms with Gasteiger partial charge in [0, 0.05) is 18.1 Å². The molecule has 5 nitrogen and oxygen atoms in total. The molecule has 2 aromatic rings. The molecule has 1 aromatic heterocycles. The van der Waals surface area contributed by atoms with Gasteiger partial charge in [-0.25, -0.2) is 4.79 Å². The summed E-state index contributed by atoms with van der Waals surface area (Å²) in [5.41, 5.74) is 1.54. The number of fused-ring (bicyclic) bond motifs is 1. The van der Waals surface area contributed by atoms with Crippen LogP contribution in [-0.4, -0.2) is 35.3 Å². The summed E-state index contributed by atoms with van der Waals surface area (Å²) in [4.78, 5) is 15.5. The van der Waals surface area contributed by atoms with Gasteiger partial charge in [-0.15, -0.1) is 0 Å². The minimum absolute atomic E-state index is 0.157. The number of aromatic carboxylic acids is 1. The van der Waals surface area contributed by atoms with Crippen molar-refractivity contribution in [2.45, 2.75) is 20.0 Å². The molecule has 2 rings (SSSR count). The van der Waals surface area contributed by atoms with Crippen molar-refractivity contribution in [3.63, 3.8) is 0 Å². The fraction of sp³-hybridized carbons (Fsp3) is 0.333. The van der Waals surface area contributed by atoms with Crippen LogP contribution in [-0.2, 0) is 4.74 Å². The molecule has 0 unspecified atom stereocenters. The first kappa shape index (κ1) is 14.3. The zero-order valence-corrected chi connectivity index (χ0v) is 11.6. The monoisotopic (exact) mass is 274 g/mol. The lowest BCUT2D eigenvalue weighted by Gasteiger charge is -2.13. The van der Waals surface area contributed by atoms with Gasteiger partial charge in [0.1, 0.15) is 5.56 Å². The van der Waals surface area contributed by atoms with Crippen LogP contribution in [0.5, 0.6) is 0 Å². The summed E-state index contributed by atoms with van der Waals surface area (Å²) in [6.45, 7) is 4.99. The Labute approximate surface area is 117 Å². The van der Waals surface area contributed by atoms with Crippen LogP contribution in [0.3, 0.4) is 0 Å². The molecule has 106 valence electrons. The van der Waals surface area contributed by atoms with Crippen LogP contribution in [0, 0.1) is 0 Å². The molecule has 0 spiro atoms. The van der Waals surface area contributed by atoms with E-state index in [1.807, 2.05) is 38.1 Å². The van der Waals surface area contributed by atoms with E-state index in [1.165, 1.54) is 6.20 Å². The van der Waals surface area contributed by atoms with E-state index in [2.05, 4.69) is 10.3 Å².